The van der Waals surface area contributed by atoms with Gasteiger partial charge in [0.25, 0.3) is 5.91 Å². The van der Waals surface area contributed by atoms with Crippen LogP contribution in [0.3, 0.4) is 0 Å². The molecule has 0 spiro atoms. The number of rotatable bonds is 5. The summed E-state index contributed by atoms with van der Waals surface area (Å²) in [5, 5.41) is 12.8. The molecule has 0 bridgehead atoms. The molecule has 0 saturated carbocycles. The van der Waals surface area contributed by atoms with Gasteiger partial charge in [-0.3, -0.25) is 9.59 Å². The molecule has 1 atom stereocenters. The molecule has 0 aliphatic carbocycles. The van der Waals surface area contributed by atoms with Crippen LogP contribution in [0.5, 0.6) is 0 Å². The average molecular weight is 483 g/mol. The summed E-state index contributed by atoms with van der Waals surface area (Å²) >= 11 is 12.2. The summed E-state index contributed by atoms with van der Waals surface area (Å²) in [6, 6.07) is 15.8. The number of carbonyl (C=O) groups is 3. The molecule has 2 N–H and O–H groups in total. The Morgan fingerprint density at radius 3 is 2.33 bits per heavy atom. The Morgan fingerprint density at radius 2 is 1.67 bits per heavy atom. The minimum absolute atomic E-state index is 0.130. The second-order valence-electron chi connectivity index (χ2n) is 7.94. The number of carboxylic acids is 1. The number of anilines is 1. The molecule has 3 aromatic carbocycles. The van der Waals surface area contributed by atoms with E-state index in [-0.39, 0.29) is 30.3 Å². The number of hydrogen-bond acceptors (Lipinski definition) is 3. The summed E-state index contributed by atoms with van der Waals surface area (Å²) in [7, 11) is 0. The number of nitrogens with one attached hydrogen (secondary N) is 1. The zero-order valence-corrected chi connectivity index (χ0v) is 19.2. The van der Waals surface area contributed by atoms with Crippen LogP contribution >= 0.6 is 23.2 Å². The lowest BCUT2D eigenvalue weighted by atomic mass is 10.0. The second-order valence-corrected chi connectivity index (χ2v) is 8.76. The van der Waals surface area contributed by atoms with E-state index >= 15 is 0 Å². The van der Waals surface area contributed by atoms with Gasteiger partial charge in [0.15, 0.2) is 0 Å². The van der Waals surface area contributed by atoms with Crippen LogP contribution in [0.1, 0.15) is 37.4 Å². The van der Waals surface area contributed by atoms with Crippen molar-refractivity contribution in [1.82, 2.24) is 4.90 Å². The van der Waals surface area contributed by atoms with Crippen LogP contribution in [-0.2, 0) is 17.8 Å². The summed E-state index contributed by atoms with van der Waals surface area (Å²) < 4.78 is 0. The quantitative estimate of drug-likeness (QED) is 0.522. The molecular formula is C25H20Cl2N2O4. The van der Waals surface area contributed by atoms with Crippen molar-refractivity contribution in [3.05, 3.63) is 98.5 Å². The Balaban J connectivity index is 1.73. The smallest absolute Gasteiger partial charge is 0.335 e. The van der Waals surface area contributed by atoms with Gasteiger partial charge in [-0.15, -0.1) is 0 Å². The fraction of sp³-hybridized carbons (Fsp3) is 0.160. The number of nitrogens with zero attached hydrogens (tertiary/aromatic N) is 1. The zero-order valence-electron chi connectivity index (χ0n) is 17.6. The number of hydrogen-bond donors (Lipinski definition) is 2. The number of amides is 2. The maximum absolute atomic E-state index is 13.6. The monoisotopic (exact) mass is 482 g/mol. The van der Waals surface area contributed by atoms with Gasteiger partial charge < -0.3 is 15.3 Å². The van der Waals surface area contributed by atoms with Crippen LogP contribution in [0.25, 0.3) is 0 Å². The molecule has 0 fully saturated rings. The summed E-state index contributed by atoms with van der Waals surface area (Å²) in [6.07, 6.45) is 0.231. The molecule has 0 aromatic heterocycles. The van der Waals surface area contributed by atoms with Crippen LogP contribution in [0.15, 0.2) is 60.7 Å². The van der Waals surface area contributed by atoms with Crippen LogP contribution in [0, 0.1) is 6.92 Å². The average Bonchev–Trinajstić information content (AvgIpc) is 2.86. The molecule has 1 aliphatic heterocycles. The van der Waals surface area contributed by atoms with Gasteiger partial charge in [-0.1, -0.05) is 47.5 Å². The van der Waals surface area contributed by atoms with E-state index in [1.807, 2.05) is 13.0 Å². The van der Waals surface area contributed by atoms with Crippen LogP contribution in [0.2, 0.25) is 10.0 Å². The van der Waals surface area contributed by atoms with Gasteiger partial charge in [-0.05, 0) is 60.0 Å². The third-order valence-corrected chi connectivity index (χ3v) is 6.31. The molecule has 0 saturated heterocycles. The van der Waals surface area contributed by atoms with Gasteiger partial charge in [-0.25, -0.2) is 4.79 Å². The zero-order chi connectivity index (χ0) is 23.7. The Morgan fingerprint density at radius 1 is 0.970 bits per heavy atom. The Kier molecular flexibility index (Phi) is 6.40. The Labute approximate surface area is 200 Å². The van der Waals surface area contributed by atoms with E-state index in [0.717, 1.165) is 11.1 Å². The molecule has 1 heterocycles. The van der Waals surface area contributed by atoms with Gasteiger partial charge in [0, 0.05) is 13.0 Å². The van der Waals surface area contributed by atoms with Crippen LogP contribution in [0.4, 0.5) is 5.69 Å². The third kappa shape index (κ3) is 4.87. The molecule has 2 amide bonds. The van der Waals surface area contributed by atoms with Gasteiger partial charge >= 0.3 is 5.97 Å². The maximum Gasteiger partial charge on any atom is 0.335 e. The highest BCUT2D eigenvalue weighted by Crippen LogP contribution is 2.29. The number of aryl methyl sites for hydroxylation is 1. The van der Waals surface area contributed by atoms with Gasteiger partial charge in [0.1, 0.15) is 6.04 Å². The molecule has 168 valence electrons. The van der Waals surface area contributed by atoms with Crippen molar-refractivity contribution in [2.24, 2.45) is 0 Å². The number of benzene rings is 3. The molecule has 0 unspecified atom stereocenters. The molecule has 33 heavy (non-hydrogen) atoms. The molecule has 3 aromatic rings. The number of halogens is 2. The van der Waals surface area contributed by atoms with Crippen LogP contribution < -0.4 is 5.32 Å². The molecule has 8 heteroatoms. The first-order valence-corrected chi connectivity index (χ1v) is 11.0. The minimum Gasteiger partial charge on any atom is -0.478 e. The molecule has 0 radical (unpaired) electrons. The Bertz CT molecular complexity index is 1260. The fourth-order valence-electron chi connectivity index (χ4n) is 3.83. The lowest BCUT2D eigenvalue weighted by Crippen LogP contribution is -2.46. The highest BCUT2D eigenvalue weighted by Gasteiger charge is 2.35. The lowest BCUT2D eigenvalue weighted by Gasteiger charge is -2.29. The largest absolute Gasteiger partial charge is 0.478 e. The fourth-order valence-corrected chi connectivity index (χ4v) is 4.15. The number of carbonyl (C=O) groups excluding carboxylic acids is 2. The SMILES string of the molecule is Cc1ccc2c(c1)NC(=O)[C@@H](Cc1ccc(Cl)c(Cl)c1)N(Cc1ccc(C(=O)O)cc1)C2=O. The van der Waals surface area contributed by atoms with Crippen molar-refractivity contribution >= 4 is 46.7 Å². The summed E-state index contributed by atoms with van der Waals surface area (Å²) in [6.45, 7) is 2.02. The first-order valence-electron chi connectivity index (χ1n) is 10.2. The van der Waals surface area contributed by atoms with E-state index < -0.39 is 12.0 Å². The standard InChI is InChI=1S/C25H20Cl2N2O4/c1-14-2-8-18-21(10-14)28-23(30)22(12-16-5-9-19(26)20(27)11-16)29(24(18)31)13-15-3-6-17(7-4-15)25(32)33/h2-11,22H,12-13H2,1H3,(H,28,30)(H,32,33)/t22-/m1/s1. The first-order chi connectivity index (χ1) is 15.7. The first kappa shape index (κ1) is 22.8. The van der Waals surface area contributed by atoms with Crippen molar-refractivity contribution in [3.8, 4) is 0 Å². The van der Waals surface area contributed by atoms with Crippen molar-refractivity contribution in [1.29, 1.82) is 0 Å². The lowest BCUT2D eigenvalue weighted by molar-refractivity contribution is -0.120. The molecular weight excluding hydrogens is 463 g/mol. The third-order valence-electron chi connectivity index (χ3n) is 5.57. The minimum atomic E-state index is -1.03. The predicted molar refractivity (Wildman–Crippen MR) is 127 cm³/mol. The maximum atomic E-state index is 13.6. The molecule has 6 nitrogen and oxygen atoms in total. The van der Waals surface area contributed by atoms with E-state index in [9.17, 15) is 14.4 Å². The van der Waals surface area contributed by atoms with E-state index in [2.05, 4.69) is 5.32 Å². The topological polar surface area (TPSA) is 86.7 Å². The molecule has 4 rings (SSSR count). The van der Waals surface area contributed by atoms with Gasteiger partial charge in [0.05, 0.1) is 26.9 Å². The normalized spacial score (nSPS) is 15.6. The van der Waals surface area contributed by atoms with Crippen molar-refractivity contribution < 1.29 is 19.5 Å². The van der Waals surface area contributed by atoms with E-state index in [1.54, 1.807) is 42.5 Å². The van der Waals surface area contributed by atoms with Crippen molar-refractivity contribution in [3.63, 3.8) is 0 Å². The predicted octanol–water partition coefficient (Wildman–Crippen LogP) is 5.21. The second kappa shape index (κ2) is 9.25. The summed E-state index contributed by atoms with van der Waals surface area (Å²) in [4.78, 5) is 39.6. The molecule has 1 aliphatic rings. The summed E-state index contributed by atoms with van der Waals surface area (Å²) in [5.41, 5.74) is 3.38. The van der Waals surface area contributed by atoms with Gasteiger partial charge in [0.2, 0.25) is 5.91 Å². The highest BCUT2D eigenvalue weighted by molar-refractivity contribution is 6.42. The van der Waals surface area contributed by atoms with E-state index in [0.29, 0.717) is 26.9 Å². The number of carboxylic acid groups (broad SMARTS) is 1. The van der Waals surface area contributed by atoms with Crippen molar-refractivity contribution in [2.45, 2.75) is 25.9 Å². The highest BCUT2D eigenvalue weighted by atomic mass is 35.5. The summed E-state index contributed by atoms with van der Waals surface area (Å²) in [5.74, 6) is -1.65. The number of fused-ring (bicyclic) bond motifs is 1. The Hall–Kier alpha value is -3.35. The van der Waals surface area contributed by atoms with Crippen molar-refractivity contribution in [2.75, 3.05) is 5.32 Å². The van der Waals surface area contributed by atoms with Crippen LogP contribution in [-0.4, -0.2) is 33.8 Å². The van der Waals surface area contributed by atoms with Gasteiger partial charge in [-0.2, -0.15) is 0 Å². The number of aromatic carboxylic acids is 1. The van der Waals surface area contributed by atoms with E-state index in [1.165, 1.54) is 17.0 Å². The van der Waals surface area contributed by atoms with E-state index in [4.69, 9.17) is 28.3 Å².